The molecule has 0 aliphatic carbocycles. The summed E-state index contributed by atoms with van der Waals surface area (Å²) in [7, 11) is 3.78. The quantitative estimate of drug-likeness (QED) is 0.689. The van der Waals surface area contributed by atoms with Crippen molar-refractivity contribution < 1.29 is 13.9 Å². The number of ether oxygens (including phenoxy) is 2. The van der Waals surface area contributed by atoms with E-state index in [0.29, 0.717) is 6.61 Å². The van der Waals surface area contributed by atoms with Crippen LogP contribution in [0.3, 0.4) is 0 Å². The van der Waals surface area contributed by atoms with Crippen LogP contribution in [0.25, 0.3) is 0 Å². The normalized spacial score (nSPS) is 20.0. The minimum absolute atomic E-state index is 0.236. The molecule has 1 N–H and O–H groups in total. The van der Waals surface area contributed by atoms with Crippen molar-refractivity contribution in [3.05, 3.63) is 30.1 Å². The van der Waals surface area contributed by atoms with Crippen molar-refractivity contribution in [3.63, 3.8) is 0 Å². The molecule has 24 heavy (non-hydrogen) atoms. The number of rotatable bonds is 9. The Balaban J connectivity index is 1.70. The Labute approximate surface area is 144 Å². The molecule has 1 aromatic rings. The van der Waals surface area contributed by atoms with E-state index in [9.17, 15) is 4.39 Å². The van der Waals surface area contributed by atoms with E-state index in [1.807, 2.05) is 7.05 Å². The zero-order valence-electron chi connectivity index (χ0n) is 14.8. The highest BCUT2D eigenvalue weighted by molar-refractivity contribution is 5.21. The fourth-order valence-corrected chi connectivity index (χ4v) is 2.93. The molecule has 136 valence electrons. The molecule has 0 unspecified atom stereocenters. The summed E-state index contributed by atoms with van der Waals surface area (Å²) in [6.07, 6.45) is 1.20. The van der Waals surface area contributed by atoms with Crippen LogP contribution in [-0.2, 0) is 4.74 Å². The van der Waals surface area contributed by atoms with Crippen LogP contribution in [0.5, 0.6) is 5.75 Å². The third kappa shape index (κ3) is 6.73. The van der Waals surface area contributed by atoms with Gasteiger partial charge in [0.05, 0.1) is 12.7 Å². The monoisotopic (exact) mass is 339 g/mol. The maximum Gasteiger partial charge on any atom is 0.123 e. The SMILES string of the molecule is CNCCN1CCN(CCCOc2ccc(F)cc2)C[C@@H](OC)C1. The van der Waals surface area contributed by atoms with Gasteiger partial charge in [-0.3, -0.25) is 9.80 Å². The van der Waals surface area contributed by atoms with Crippen LogP contribution >= 0.6 is 0 Å². The zero-order valence-corrected chi connectivity index (χ0v) is 14.8. The molecule has 1 saturated heterocycles. The van der Waals surface area contributed by atoms with Crippen LogP contribution in [0.4, 0.5) is 4.39 Å². The molecule has 6 heteroatoms. The minimum Gasteiger partial charge on any atom is -0.494 e. The van der Waals surface area contributed by atoms with E-state index in [0.717, 1.165) is 58.0 Å². The van der Waals surface area contributed by atoms with Gasteiger partial charge in [0.15, 0.2) is 0 Å². The van der Waals surface area contributed by atoms with Crippen molar-refractivity contribution in [1.29, 1.82) is 0 Å². The van der Waals surface area contributed by atoms with Crippen molar-refractivity contribution in [2.24, 2.45) is 0 Å². The van der Waals surface area contributed by atoms with Gasteiger partial charge < -0.3 is 14.8 Å². The Kier molecular flexibility index (Phi) is 8.45. The van der Waals surface area contributed by atoms with E-state index in [2.05, 4.69) is 15.1 Å². The van der Waals surface area contributed by atoms with Crippen LogP contribution in [0, 0.1) is 5.82 Å². The van der Waals surface area contributed by atoms with Gasteiger partial charge in [0.1, 0.15) is 11.6 Å². The number of nitrogens with zero attached hydrogens (tertiary/aromatic N) is 2. The zero-order chi connectivity index (χ0) is 17.2. The summed E-state index contributed by atoms with van der Waals surface area (Å²) in [5.74, 6) is 0.487. The lowest BCUT2D eigenvalue weighted by Gasteiger charge is -2.23. The molecule has 1 aliphatic heterocycles. The molecule has 1 aromatic carbocycles. The van der Waals surface area contributed by atoms with Crippen molar-refractivity contribution >= 4 is 0 Å². The molecular weight excluding hydrogens is 309 g/mol. The molecule has 0 radical (unpaired) electrons. The van der Waals surface area contributed by atoms with Crippen LogP contribution in [0.1, 0.15) is 6.42 Å². The summed E-state index contributed by atoms with van der Waals surface area (Å²) in [4.78, 5) is 4.90. The fraction of sp³-hybridized carbons (Fsp3) is 0.667. The summed E-state index contributed by atoms with van der Waals surface area (Å²) in [6.45, 7) is 7.76. The summed E-state index contributed by atoms with van der Waals surface area (Å²) in [6, 6.07) is 6.18. The first-order chi connectivity index (χ1) is 11.7. The van der Waals surface area contributed by atoms with E-state index in [-0.39, 0.29) is 11.9 Å². The Morgan fingerprint density at radius 1 is 1.12 bits per heavy atom. The second-order valence-electron chi connectivity index (χ2n) is 6.22. The van der Waals surface area contributed by atoms with Gasteiger partial charge >= 0.3 is 0 Å². The topological polar surface area (TPSA) is 37.0 Å². The van der Waals surface area contributed by atoms with Gasteiger partial charge in [0.25, 0.3) is 0 Å². The predicted octanol–water partition coefficient (Wildman–Crippen LogP) is 1.45. The van der Waals surface area contributed by atoms with Crippen molar-refractivity contribution in [1.82, 2.24) is 15.1 Å². The lowest BCUT2D eigenvalue weighted by atomic mass is 10.3. The summed E-state index contributed by atoms with van der Waals surface area (Å²) >= 11 is 0. The van der Waals surface area contributed by atoms with E-state index in [1.54, 1.807) is 19.2 Å². The number of likely N-dealkylation sites (N-methyl/N-ethyl adjacent to an activating group) is 1. The molecular formula is C18H30FN3O2. The molecule has 0 bridgehead atoms. The second-order valence-corrected chi connectivity index (χ2v) is 6.22. The Hall–Kier alpha value is -1.21. The number of halogens is 1. The molecule has 0 amide bonds. The van der Waals surface area contributed by atoms with Gasteiger partial charge in [-0.25, -0.2) is 4.39 Å². The van der Waals surface area contributed by atoms with Crippen molar-refractivity contribution in [3.8, 4) is 5.75 Å². The number of hydrogen-bond acceptors (Lipinski definition) is 5. The number of methoxy groups -OCH3 is 1. The van der Waals surface area contributed by atoms with Gasteiger partial charge in [0.2, 0.25) is 0 Å². The molecule has 1 aliphatic rings. The number of benzene rings is 1. The van der Waals surface area contributed by atoms with Gasteiger partial charge in [-0.05, 0) is 37.7 Å². The average molecular weight is 339 g/mol. The Morgan fingerprint density at radius 2 is 1.79 bits per heavy atom. The van der Waals surface area contributed by atoms with E-state index < -0.39 is 0 Å². The maximum atomic E-state index is 12.9. The van der Waals surface area contributed by atoms with Crippen LogP contribution in [0.2, 0.25) is 0 Å². The fourth-order valence-electron chi connectivity index (χ4n) is 2.93. The average Bonchev–Trinajstić information content (AvgIpc) is 2.80. The largest absolute Gasteiger partial charge is 0.494 e. The van der Waals surface area contributed by atoms with E-state index in [4.69, 9.17) is 9.47 Å². The number of nitrogens with one attached hydrogen (secondary N) is 1. The van der Waals surface area contributed by atoms with E-state index >= 15 is 0 Å². The van der Waals surface area contributed by atoms with Gasteiger partial charge in [0, 0.05) is 52.9 Å². The molecule has 1 heterocycles. The van der Waals surface area contributed by atoms with Crippen LogP contribution in [-0.4, -0.2) is 82.5 Å². The summed E-state index contributed by atoms with van der Waals surface area (Å²) < 4.78 is 24.1. The molecule has 1 fully saturated rings. The highest BCUT2D eigenvalue weighted by Crippen LogP contribution is 2.12. The van der Waals surface area contributed by atoms with Crippen LogP contribution < -0.4 is 10.1 Å². The minimum atomic E-state index is -0.236. The molecule has 0 aromatic heterocycles. The van der Waals surface area contributed by atoms with E-state index in [1.165, 1.54) is 12.1 Å². The highest BCUT2D eigenvalue weighted by Gasteiger charge is 2.21. The lowest BCUT2D eigenvalue weighted by molar-refractivity contribution is 0.0591. The summed E-state index contributed by atoms with van der Waals surface area (Å²) in [5, 5.41) is 3.20. The lowest BCUT2D eigenvalue weighted by Crippen LogP contribution is -2.37. The standard InChI is InChI=1S/C18H30FN3O2/c1-20-8-10-22-12-11-21(14-18(15-22)23-2)9-3-13-24-17-6-4-16(19)5-7-17/h4-7,18,20H,3,8-15H2,1-2H3/t18-/m1/s1. The first kappa shape index (κ1) is 19.1. The predicted molar refractivity (Wildman–Crippen MR) is 94.1 cm³/mol. The molecule has 2 rings (SSSR count). The first-order valence-electron chi connectivity index (χ1n) is 8.71. The first-order valence-corrected chi connectivity index (χ1v) is 8.71. The maximum absolute atomic E-state index is 12.9. The van der Waals surface area contributed by atoms with Gasteiger partial charge in [-0.2, -0.15) is 0 Å². The third-order valence-electron chi connectivity index (χ3n) is 4.37. The Bertz CT molecular complexity index is 458. The van der Waals surface area contributed by atoms with Gasteiger partial charge in [-0.1, -0.05) is 0 Å². The number of hydrogen-bond donors (Lipinski definition) is 1. The molecule has 0 saturated carbocycles. The summed E-state index contributed by atoms with van der Waals surface area (Å²) in [5.41, 5.74) is 0. The smallest absolute Gasteiger partial charge is 0.123 e. The molecule has 0 spiro atoms. The van der Waals surface area contributed by atoms with Crippen molar-refractivity contribution in [2.75, 3.05) is 66.6 Å². The second kappa shape index (κ2) is 10.6. The molecule has 5 nitrogen and oxygen atoms in total. The van der Waals surface area contributed by atoms with Crippen LogP contribution in [0.15, 0.2) is 24.3 Å². The highest BCUT2D eigenvalue weighted by atomic mass is 19.1. The Morgan fingerprint density at radius 3 is 2.42 bits per heavy atom. The third-order valence-corrected chi connectivity index (χ3v) is 4.37. The molecule has 1 atom stereocenters. The van der Waals surface area contributed by atoms with Gasteiger partial charge in [-0.15, -0.1) is 0 Å². The van der Waals surface area contributed by atoms with Crippen molar-refractivity contribution in [2.45, 2.75) is 12.5 Å².